The molecule has 3 saturated heterocycles. The second kappa shape index (κ2) is 7.04. The fraction of sp³-hybridized carbons (Fsp3) is 0.450. The highest BCUT2D eigenvalue weighted by atomic mass is 35.5. The van der Waals surface area contributed by atoms with Gasteiger partial charge in [0.15, 0.2) is 11.6 Å². The Balaban J connectivity index is 1.45. The first-order valence-electron chi connectivity index (χ1n) is 9.73. The first-order chi connectivity index (χ1) is 14.4. The minimum atomic E-state index is -0.741. The number of carbonyl (C=O) groups excluding carboxylic acids is 1. The highest BCUT2D eigenvalue weighted by molar-refractivity contribution is 6.30. The van der Waals surface area contributed by atoms with E-state index in [9.17, 15) is 19.1 Å². The van der Waals surface area contributed by atoms with E-state index >= 15 is 0 Å². The maximum atomic E-state index is 14.5. The van der Waals surface area contributed by atoms with Crippen molar-refractivity contribution in [1.82, 2.24) is 14.9 Å². The van der Waals surface area contributed by atoms with E-state index in [4.69, 9.17) is 16.3 Å². The number of halogens is 2. The molecule has 2 bridgehead atoms. The van der Waals surface area contributed by atoms with Crippen LogP contribution in [-0.2, 0) is 4.74 Å². The number of amides is 1. The van der Waals surface area contributed by atoms with Crippen LogP contribution in [0.3, 0.4) is 0 Å². The van der Waals surface area contributed by atoms with Crippen LogP contribution < -0.4 is 10.5 Å². The summed E-state index contributed by atoms with van der Waals surface area (Å²) in [5.74, 6) is -0.932. The van der Waals surface area contributed by atoms with Gasteiger partial charge in [-0.1, -0.05) is 17.7 Å². The molecule has 0 unspecified atom stereocenters. The number of nitrogens with one attached hydrogen (secondary N) is 1. The molecule has 3 aliphatic heterocycles. The van der Waals surface area contributed by atoms with E-state index in [0.717, 1.165) is 0 Å². The van der Waals surface area contributed by atoms with Crippen molar-refractivity contribution in [2.45, 2.75) is 11.7 Å². The zero-order valence-electron chi connectivity index (χ0n) is 15.9. The van der Waals surface area contributed by atoms with Crippen LogP contribution in [0, 0.1) is 17.7 Å². The summed E-state index contributed by atoms with van der Waals surface area (Å²) >= 11 is 5.83. The third-order valence-corrected chi connectivity index (χ3v) is 6.58. The zero-order chi connectivity index (χ0) is 21.0. The number of fused-ring (bicyclic) bond motifs is 1. The number of hydrogen-bond acceptors (Lipinski definition) is 6. The van der Waals surface area contributed by atoms with E-state index in [2.05, 4.69) is 9.97 Å². The molecule has 1 amide bonds. The third-order valence-electron chi connectivity index (χ3n) is 6.38. The molecule has 0 aromatic carbocycles. The largest absolute Gasteiger partial charge is 0.396 e. The standard InChI is InChI=1S/C20H20ClFN4O4/c21-11-4-14(22)18(23-5-11)25-7-16-12(8-27)13-6-26(10-20(13,9-25)30-16)19(29)15-2-1-3-17(28)24-15/h1-5,12-13,16,27H,6-10H2,(H,24,28)/t12-,13+,16+,20+/m0/s1. The number of carbonyl (C=O) groups is 1. The minimum Gasteiger partial charge on any atom is -0.396 e. The molecule has 1 spiro atoms. The van der Waals surface area contributed by atoms with Gasteiger partial charge in [-0.2, -0.15) is 0 Å². The van der Waals surface area contributed by atoms with Crippen molar-refractivity contribution in [2.75, 3.05) is 37.7 Å². The summed E-state index contributed by atoms with van der Waals surface area (Å²) in [6.45, 7) is 1.32. The van der Waals surface area contributed by atoms with Gasteiger partial charge >= 0.3 is 0 Å². The Hall–Kier alpha value is -2.49. The number of morpholine rings is 1. The Labute approximate surface area is 176 Å². The van der Waals surface area contributed by atoms with Crippen LogP contribution in [0.25, 0.3) is 0 Å². The molecular formula is C20H20ClFN4O4. The average Bonchev–Trinajstić information content (AvgIpc) is 3.15. The molecule has 30 heavy (non-hydrogen) atoms. The van der Waals surface area contributed by atoms with Crippen LogP contribution in [0.2, 0.25) is 5.02 Å². The molecule has 2 N–H and O–H groups in total. The van der Waals surface area contributed by atoms with Crippen molar-refractivity contribution in [1.29, 1.82) is 0 Å². The Kier molecular flexibility index (Phi) is 4.57. The number of nitrogens with zero attached hydrogens (tertiary/aromatic N) is 3. The molecule has 0 saturated carbocycles. The Morgan fingerprint density at radius 2 is 2.23 bits per heavy atom. The Bertz CT molecular complexity index is 1070. The Morgan fingerprint density at radius 1 is 1.40 bits per heavy atom. The molecule has 4 atom stereocenters. The smallest absolute Gasteiger partial charge is 0.270 e. The SMILES string of the molecule is O=C(c1cccc(=O)[nH]1)N1C[C@@H]2[C@H](CO)[C@H]3CN(c4ncc(Cl)cc4F)C[C@]2(C1)O3. The molecule has 8 nitrogen and oxygen atoms in total. The molecule has 5 heterocycles. The molecule has 5 rings (SSSR count). The second-order valence-electron chi connectivity index (χ2n) is 8.13. The Morgan fingerprint density at radius 3 is 2.97 bits per heavy atom. The predicted molar refractivity (Wildman–Crippen MR) is 106 cm³/mol. The lowest BCUT2D eigenvalue weighted by Gasteiger charge is -2.41. The van der Waals surface area contributed by atoms with Crippen LogP contribution in [0.1, 0.15) is 10.5 Å². The number of anilines is 1. The van der Waals surface area contributed by atoms with Crippen LogP contribution >= 0.6 is 11.6 Å². The summed E-state index contributed by atoms with van der Waals surface area (Å²) in [5.41, 5.74) is -0.889. The van der Waals surface area contributed by atoms with E-state index in [1.807, 2.05) is 0 Å². The number of aromatic amines is 1. The molecule has 3 aliphatic rings. The molecule has 158 valence electrons. The summed E-state index contributed by atoms with van der Waals surface area (Å²) in [6.07, 6.45) is 1.10. The van der Waals surface area contributed by atoms with Gasteiger partial charge in [0, 0.05) is 43.8 Å². The third kappa shape index (κ3) is 3.00. The second-order valence-corrected chi connectivity index (χ2v) is 8.56. The van der Waals surface area contributed by atoms with E-state index in [-0.39, 0.29) is 59.1 Å². The highest BCUT2D eigenvalue weighted by Gasteiger charge is 2.63. The number of ether oxygens (including phenoxy) is 1. The quantitative estimate of drug-likeness (QED) is 0.744. The molecule has 3 fully saturated rings. The zero-order valence-corrected chi connectivity index (χ0v) is 16.7. The van der Waals surface area contributed by atoms with Gasteiger partial charge in [0.25, 0.3) is 5.91 Å². The summed E-state index contributed by atoms with van der Waals surface area (Å²) in [7, 11) is 0. The number of H-pyrrole nitrogens is 1. The molecule has 10 heteroatoms. The number of likely N-dealkylation sites (tertiary alicyclic amines) is 1. The highest BCUT2D eigenvalue weighted by Crippen LogP contribution is 2.49. The normalized spacial score (nSPS) is 29.9. The molecule has 0 radical (unpaired) electrons. The van der Waals surface area contributed by atoms with Crippen molar-refractivity contribution in [2.24, 2.45) is 11.8 Å². The van der Waals surface area contributed by atoms with Crippen molar-refractivity contribution in [3.05, 3.63) is 57.3 Å². The number of hydrogen-bond donors (Lipinski definition) is 2. The van der Waals surface area contributed by atoms with Crippen LogP contribution in [-0.4, -0.2) is 70.4 Å². The van der Waals surface area contributed by atoms with Gasteiger partial charge in [-0.3, -0.25) is 9.59 Å². The maximum Gasteiger partial charge on any atom is 0.270 e. The first-order valence-corrected chi connectivity index (χ1v) is 10.1. The summed E-state index contributed by atoms with van der Waals surface area (Å²) in [6, 6.07) is 5.65. The van der Waals surface area contributed by atoms with Gasteiger partial charge in [0.05, 0.1) is 24.2 Å². The number of aliphatic hydroxyl groups is 1. The molecule has 2 aromatic heterocycles. The van der Waals surface area contributed by atoms with Gasteiger partial charge in [0.1, 0.15) is 11.3 Å². The van der Waals surface area contributed by atoms with Gasteiger partial charge in [-0.25, -0.2) is 9.37 Å². The monoisotopic (exact) mass is 434 g/mol. The number of aliphatic hydroxyl groups excluding tert-OH is 1. The predicted octanol–water partition coefficient (Wildman–Crippen LogP) is 0.901. The molecular weight excluding hydrogens is 415 g/mol. The number of aromatic nitrogens is 2. The van der Waals surface area contributed by atoms with Crippen LogP contribution in [0.15, 0.2) is 35.3 Å². The van der Waals surface area contributed by atoms with Crippen LogP contribution in [0.4, 0.5) is 10.2 Å². The summed E-state index contributed by atoms with van der Waals surface area (Å²) < 4.78 is 20.8. The lowest BCUT2D eigenvalue weighted by atomic mass is 9.83. The van der Waals surface area contributed by atoms with Gasteiger partial charge in [-0.05, 0) is 12.1 Å². The molecule has 2 aromatic rings. The first kappa shape index (κ1) is 19.5. The average molecular weight is 435 g/mol. The fourth-order valence-electron chi connectivity index (χ4n) is 5.13. The summed E-state index contributed by atoms with van der Waals surface area (Å²) in [4.78, 5) is 34.7. The fourth-order valence-corrected chi connectivity index (χ4v) is 5.28. The van der Waals surface area contributed by atoms with Gasteiger partial charge in [0.2, 0.25) is 5.56 Å². The van der Waals surface area contributed by atoms with Gasteiger partial charge < -0.3 is 24.6 Å². The summed E-state index contributed by atoms with van der Waals surface area (Å²) in [5, 5.41) is 10.2. The van der Waals surface area contributed by atoms with Crippen molar-refractivity contribution >= 4 is 23.3 Å². The van der Waals surface area contributed by atoms with E-state index < -0.39 is 11.4 Å². The number of pyridine rings is 2. The number of rotatable bonds is 3. The lowest BCUT2D eigenvalue weighted by Crippen LogP contribution is -2.55. The minimum absolute atomic E-state index is 0.0916. The van der Waals surface area contributed by atoms with Crippen molar-refractivity contribution in [3.63, 3.8) is 0 Å². The van der Waals surface area contributed by atoms with Crippen molar-refractivity contribution < 1.29 is 19.0 Å². The van der Waals surface area contributed by atoms with E-state index in [1.165, 1.54) is 24.4 Å². The van der Waals surface area contributed by atoms with E-state index in [1.54, 1.807) is 15.9 Å². The lowest BCUT2D eigenvalue weighted by molar-refractivity contribution is -0.0628. The van der Waals surface area contributed by atoms with E-state index in [0.29, 0.717) is 19.6 Å². The molecule has 0 aliphatic carbocycles. The van der Waals surface area contributed by atoms with Gasteiger partial charge in [-0.15, -0.1) is 0 Å². The topological polar surface area (TPSA) is 98.8 Å². The maximum absolute atomic E-state index is 14.5. The van der Waals surface area contributed by atoms with Crippen molar-refractivity contribution in [3.8, 4) is 0 Å². The van der Waals surface area contributed by atoms with Crippen LogP contribution in [0.5, 0.6) is 0 Å².